The first-order valence-electron chi connectivity index (χ1n) is 8.88. The van der Waals surface area contributed by atoms with Gasteiger partial charge in [0.05, 0.1) is 24.7 Å². The Labute approximate surface area is 159 Å². The van der Waals surface area contributed by atoms with Crippen LogP contribution in [0.1, 0.15) is 18.4 Å². The normalized spacial score (nSPS) is 16.2. The van der Waals surface area contributed by atoms with Crippen LogP contribution in [0.25, 0.3) is 5.69 Å². The SMILES string of the molecule is CN(Cc1cnn(-c2ccccc2)c1)C(=O)NC1CCN(S(C)(=O)=O)CC1. The standard InChI is InChI=1S/C18H25N5O3S/c1-21(13-15-12-19-23(14-15)17-6-4-3-5-7-17)18(24)20-16-8-10-22(11-9-16)27(2,25)26/h3-7,12,14,16H,8-11,13H2,1-2H3,(H,20,24). The third-order valence-electron chi connectivity index (χ3n) is 4.67. The lowest BCUT2D eigenvalue weighted by Gasteiger charge is -2.31. The van der Waals surface area contributed by atoms with Gasteiger partial charge in [-0.2, -0.15) is 5.10 Å². The molecular weight excluding hydrogens is 366 g/mol. The van der Waals surface area contributed by atoms with E-state index in [1.54, 1.807) is 22.8 Å². The zero-order valence-electron chi connectivity index (χ0n) is 15.6. The third kappa shape index (κ3) is 5.08. The maximum Gasteiger partial charge on any atom is 0.317 e. The van der Waals surface area contributed by atoms with E-state index in [9.17, 15) is 13.2 Å². The molecule has 0 radical (unpaired) electrons. The Hall–Kier alpha value is -2.39. The van der Waals surface area contributed by atoms with Gasteiger partial charge in [-0.3, -0.25) is 0 Å². The summed E-state index contributed by atoms with van der Waals surface area (Å²) in [7, 11) is -1.42. The molecule has 1 N–H and O–H groups in total. The monoisotopic (exact) mass is 391 g/mol. The molecule has 2 amide bonds. The molecule has 2 heterocycles. The summed E-state index contributed by atoms with van der Waals surface area (Å²) in [6.07, 6.45) is 6.12. The van der Waals surface area contributed by atoms with Gasteiger partial charge in [-0.05, 0) is 25.0 Å². The molecule has 0 spiro atoms. The number of aromatic nitrogens is 2. The lowest BCUT2D eigenvalue weighted by atomic mass is 10.1. The van der Waals surface area contributed by atoms with E-state index in [1.807, 2.05) is 36.5 Å². The fourth-order valence-corrected chi connectivity index (χ4v) is 4.00. The van der Waals surface area contributed by atoms with E-state index in [4.69, 9.17) is 0 Å². The predicted octanol–water partition coefficient (Wildman–Crippen LogP) is 1.44. The molecule has 1 saturated heterocycles. The highest BCUT2D eigenvalue weighted by Gasteiger charge is 2.26. The molecule has 2 aromatic rings. The number of nitrogens with one attached hydrogen (secondary N) is 1. The van der Waals surface area contributed by atoms with Crippen molar-refractivity contribution < 1.29 is 13.2 Å². The van der Waals surface area contributed by atoms with Gasteiger partial charge in [-0.1, -0.05) is 18.2 Å². The lowest BCUT2D eigenvalue weighted by molar-refractivity contribution is 0.195. The van der Waals surface area contributed by atoms with E-state index in [0.29, 0.717) is 32.5 Å². The number of carbonyl (C=O) groups is 1. The maximum absolute atomic E-state index is 12.4. The van der Waals surface area contributed by atoms with E-state index >= 15 is 0 Å². The van der Waals surface area contributed by atoms with Gasteiger partial charge >= 0.3 is 6.03 Å². The van der Waals surface area contributed by atoms with Gasteiger partial charge < -0.3 is 10.2 Å². The minimum atomic E-state index is -3.15. The summed E-state index contributed by atoms with van der Waals surface area (Å²) in [5.41, 5.74) is 1.90. The van der Waals surface area contributed by atoms with Crippen molar-refractivity contribution >= 4 is 16.1 Å². The summed E-state index contributed by atoms with van der Waals surface area (Å²) >= 11 is 0. The quantitative estimate of drug-likeness (QED) is 0.835. The van der Waals surface area contributed by atoms with Crippen molar-refractivity contribution in [2.45, 2.75) is 25.4 Å². The van der Waals surface area contributed by atoms with E-state index in [-0.39, 0.29) is 12.1 Å². The largest absolute Gasteiger partial charge is 0.335 e. The van der Waals surface area contributed by atoms with Crippen molar-refractivity contribution in [1.82, 2.24) is 24.3 Å². The second kappa shape index (κ2) is 8.10. The van der Waals surface area contributed by atoms with Crippen LogP contribution in [0, 0.1) is 0 Å². The highest BCUT2D eigenvalue weighted by atomic mass is 32.2. The van der Waals surface area contributed by atoms with Crippen molar-refractivity contribution in [3.8, 4) is 5.69 Å². The number of hydrogen-bond acceptors (Lipinski definition) is 4. The van der Waals surface area contributed by atoms with Crippen LogP contribution >= 0.6 is 0 Å². The van der Waals surface area contributed by atoms with Crippen molar-refractivity contribution in [2.75, 3.05) is 26.4 Å². The van der Waals surface area contributed by atoms with Gasteiger partial charge in [-0.15, -0.1) is 0 Å². The van der Waals surface area contributed by atoms with Crippen LogP contribution in [0.5, 0.6) is 0 Å². The summed E-state index contributed by atoms with van der Waals surface area (Å²) in [4.78, 5) is 14.0. The molecule has 0 aliphatic carbocycles. The van der Waals surface area contributed by atoms with E-state index < -0.39 is 10.0 Å². The molecule has 0 bridgehead atoms. The number of nitrogens with zero attached hydrogens (tertiary/aromatic N) is 4. The molecule has 1 aliphatic heterocycles. The van der Waals surface area contributed by atoms with Gasteiger partial charge in [0.25, 0.3) is 0 Å². The van der Waals surface area contributed by atoms with Crippen LogP contribution in [0.4, 0.5) is 4.79 Å². The van der Waals surface area contributed by atoms with Crippen molar-refractivity contribution in [2.24, 2.45) is 0 Å². The van der Waals surface area contributed by atoms with E-state index in [1.165, 1.54) is 10.6 Å². The van der Waals surface area contributed by atoms with Crippen molar-refractivity contribution in [1.29, 1.82) is 0 Å². The molecular formula is C18H25N5O3S. The van der Waals surface area contributed by atoms with Gasteiger partial charge in [0.2, 0.25) is 10.0 Å². The Morgan fingerprint density at radius 1 is 1.26 bits per heavy atom. The lowest BCUT2D eigenvalue weighted by Crippen LogP contribution is -2.49. The molecule has 1 fully saturated rings. The number of rotatable bonds is 5. The number of benzene rings is 1. The Bertz CT molecular complexity index is 873. The van der Waals surface area contributed by atoms with E-state index in [0.717, 1.165) is 11.3 Å². The van der Waals surface area contributed by atoms with Gasteiger partial charge in [0, 0.05) is 37.9 Å². The fourth-order valence-electron chi connectivity index (χ4n) is 3.13. The zero-order valence-corrected chi connectivity index (χ0v) is 16.4. The van der Waals surface area contributed by atoms with E-state index in [2.05, 4.69) is 10.4 Å². The molecule has 1 aromatic carbocycles. The van der Waals surface area contributed by atoms with Crippen molar-refractivity contribution in [3.05, 3.63) is 48.3 Å². The Kier molecular flexibility index (Phi) is 5.81. The number of hydrogen-bond donors (Lipinski definition) is 1. The minimum Gasteiger partial charge on any atom is -0.335 e. The molecule has 27 heavy (non-hydrogen) atoms. The summed E-state index contributed by atoms with van der Waals surface area (Å²) in [6.45, 7) is 1.33. The summed E-state index contributed by atoms with van der Waals surface area (Å²) in [5.74, 6) is 0. The van der Waals surface area contributed by atoms with Crippen LogP contribution in [0.2, 0.25) is 0 Å². The van der Waals surface area contributed by atoms with Crippen LogP contribution in [0.15, 0.2) is 42.7 Å². The van der Waals surface area contributed by atoms with Gasteiger partial charge in [0.1, 0.15) is 0 Å². The highest BCUT2D eigenvalue weighted by molar-refractivity contribution is 7.88. The van der Waals surface area contributed by atoms with Crippen LogP contribution < -0.4 is 5.32 Å². The van der Waals surface area contributed by atoms with Gasteiger partial charge in [0.15, 0.2) is 0 Å². The first kappa shape index (κ1) is 19.4. The second-order valence-electron chi connectivity index (χ2n) is 6.87. The fraction of sp³-hybridized carbons (Fsp3) is 0.444. The Balaban J connectivity index is 1.51. The molecule has 9 heteroatoms. The second-order valence-corrected chi connectivity index (χ2v) is 8.85. The van der Waals surface area contributed by atoms with Crippen LogP contribution in [0.3, 0.4) is 0 Å². The minimum absolute atomic E-state index is 0.00927. The highest BCUT2D eigenvalue weighted by Crippen LogP contribution is 2.14. The van der Waals surface area contributed by atoms with Gasteiger partial charge in [-0.25, -0.2) is 22.2 Å². The molecule has 1 aromatic heterocycles. The number of piperidine rings is 1. The summed E-state index contributed by atoms with van der Waals surface area (Å²) in [5, 5.41) is 7.33. The van der Waals surface area contributed by atoms with Crippen LogP contribution in [-0.4, -0.2) is 65.9 Å². The molecule has 8 nitrogen and oxygen atoms in total. The molecule has 3 rings (SSSR count). The zero-order chi connectivity index (χ0) is 19.4. The molecule has 0 saturated carbocycles. The average molecular weight is 391 g/mol. The average Bonchev–Trinajstić information content (AvgIpc) is 3.10. The first-order valence-corrected chi connectivity index (χ1v) is 10.7. The summed E-state index contributed by atoms with van der Waals surface area (Å²) in [6, 6.07) is 9.61. The molecule has 0 unspecified atom stereocenters. The Morgan fingerprint density at radius 2 is 1.93 bits per heavy atom. The van der Waals surface area contributed by atoms with Crippen molar-refractivity contribution in [3.63, 3.8) is 0 Å². The topological polar surface area (TPSA) is 87.5 Å². The third-order valence-corrected chi connectivity index (χ3v) is 5.98. The number of carbonyl (C=O) groups excluding carboxylic acids is 1. The predicted molar refractivity (Wildman–Crippen MR) is 103 cm³/mol. The number of urea groups is 1. The smallest absolute Gasteiger partial charge is 0.317 e. The number of amides is 2. The number of para-hydroxylation sites is 1. The first-order chi connectivity index (χ1) is 12.8. The maximum atomic E-state index is 12.4. The molecule has 146 valence electrons. The Morgan fingerprint density at radius 3 is 2.56 bits per heavy atom. The van der Waals surface area contributed by atoms with Crippen LogP contribution in [-0.2, 0) is 16.6 Å². The summed E-state index contributed by atoms with van der Waals surface area (Å²) < 4.78 is 26.3. The molecule has 1 aliphatic rings. The molecule has 0 atom stereocenters. The number of sulfonamides is 1.